The molecule has 0 N–H and O–H groups in total. The number of nitrogens with zero attached hydrogens (tertiary/aromatic N) is 3. The monoisotopic (exact) mass is 517 g/mol. The summed E-state index contributed by atoms with van der Waals surface area (Å²) < 4.78 is 0. The summed E-state index contributed by atoms with van der Waals surface area (Å²) in [5.74, 6) is -0.0711. The van der Waals surface area contributed by atoms with E-state index in [9.17, 15) is 9.59 Å². The fourth-order valence-corrected chi connectivity index (χ4v) is 5.92. The Balaban J connectivity index is 1.32. The Labute approximate surface area is 221 Å². The summed E-state index contributed by atoms with van der Waals surface area (Å²) in [4.78, 5) is 33.9. The van der Waals surface area contributed by atoms with Crippen molar-refractivity contribution in [2.24, 2.45) is 0 Å². The molecule has 3 aromatic rings. The van der Waals surface area contributed by atoms with Gasteiger partial charge in [-0.15, -0.1) is 0 Å². The molecule has 36 heavy (non-hydrogen) atoms. The number of likely N-dealkylation sites (N-methyl/N-ethyl adjacent to an activating group) is 1. The van der Waals surface area contributed by atoms with Crippen LogP contribution in [0.4, 0.5) is 11.4 Å². The Bertz CT molecular complexity index is 1380. The predicted octanol–water partition coefficient (Wildman–Crippen LogP) is 6.03. The van der Waals surface area contributed by atoms with E-state index in [4.69, 9.17) is 11.6 Å². The lowest BCUT2D eigenvalue weighted by Gasteiger charge is -2.37. The second-order valence-electron chi connectivity index (χ2n) is 9.22. The largest absolute Gasteiger partial charge is 0.368 e. The highest BCUT2D eigenvalue weighted by atomic mass is 35.5. The number of thioether (sulfide) groups is 1. The lowest BCUT2D eigenvalue weighted by molar-refractivity contribution is -0.114. The van der Waals surface area contributed by atoms with Crippen LogP contribution < -0.4 is 9.80 Å². The maximum Gasteiger partial charge on any atom is 0.264 e. The zero-order valence-corrected chi connectivity index (χ0v) is 22.2. The van der Waals surface area contributed by atoms with E-state index in [1.807, 2.05) is 78.6 Å². The van der Waals surface area contributed by atoms with Gasteiger partial charge in [-0.25, -0.2) is 0 Å². The normalized spacial score (nSPS) is 16.9. The Morgan fingerprint density at radius 3 is 2.42 bits per heavy atom. The second-order valence-corrected chi connectivity index (χ2v) is 10.7. The molecule has 184 valence electrons. The summed E-state index contributed by atoms with van der Waals surface area (Å²) in [6, 6.07) is 19.6. The van der Waals surface area contributed by atoms with E-state index in [-0.39, 0.29) is 11.8 Å². The number of hydrogen-bond donors (Lipinski definition) is 0. The molecular formula is C29H28ClN3O2S. The van der Waals surface area contributed by atoms with Gasteiger partial charge in [-0.1, -0.05) is 53.7 Å². The van der Waals surface area contributed by atoms with E-state index in [1.54, 1.807) is 11.9 Å². The lowest BCUT2D eigenvalue weighted by atomic mass is 10.1. The van der Waals surface area contributed by atoms with E-state index in [0.717, 1.165) is 45.5 Å². The molecule has 0 atom stereocenters. The van der Waals surface area contributed by atoms with E-state index < -0.39 is 0 Å². The zero-order valence-electron chi connectivity index (χ0n) is 20.6. The van der Waals surface area contributed by atoms with Crippen molar-refractivity contribution in [3.8, 4) is 0 Å². The van der Waals surface area contributed by atoms with Crippen LogP contribution in [-0.4, -0.2) is 49.9 Å². The van der Waals surface area contributed by atoms with Crippen LogP contribution in [-0.2, 0) is 4.79 Å². The lowest BCUT2D eigenvalue weighted by Crippen LogP contribution is -2.49. The van der Waals surface area contributed by atoms with Gasteiger partial charge >= 0.3 is 0 Å². The van der Waals surface area contributed by atoms with E-state index in [2.05, 4.69) is 11.8 Å². The highest BCUT2D eigenvalue weighted by Crippen LogP contribution is 2.42. The molecule has 2 amide bonds. The van der Waals surface area contributed by atoms with Crippen LogP contribution in [0.25, 0.3) is 6.08 Å². The quantitative estimate of drug-likeness (QED) is 0.398. The van der Waals surface area contributed by atoms with Crippen molar-refractivity contribution >= 4 is 52.6 Å². The first-order chi connectivity index (χ1) is 17.3. The minimum absolute atomic E-state index is 0.00707. The molecule has 0 radical (unpaired) electrons. The minimum atomic E-state index is -0.0640. The van der Waals surface area contributed by atoms with Crippen LogP contribution in [0.1, 0.15) is 27.0 Å². The van der Waals surface area contributed by atoms with Crippen LogP contribution in [0.3, 0.4) is 0 Å². The van der Waals surface area contributed by atoms with E-state index in [1.165, 1.54) is 17.3 Å². The molecular weight excluding hydrogens is 490 g/mol. The Hall–Kier alpha value is -3.22. The number of amides is 2. The number of benzene rings is 3. The molecule has 7 heteroatoms. The molecule has 2 heterocycles. The molecule has 5 rings (SSSR count). The highest BCUT2D eigenvalue weighted by Gasteiger charge is 2.29. The molecule has 0 spiro atoms. The van der Waals surface area contributed by atoms with Gasteiger partial charge < -0.3 is 14.7 Å². The van der Waals surface area contributed by atoms with E-state index >= 15 is 0 Å². The summed E-state index contributed by atoms with van der Waals surface area (Å²) in [6.45, 7) is 6.88. The van der Waals surface area contributed by atoms with Gasteiger partial charge in [-0.05, 0) is 66.9 Å². The van der Waals surface area contributed by atoms with Gasteiger partial charge in [0.25, 0.3) is 11.8 Å². The Morgan fingerprint density at radius 2 is 1.67 bits per heavy atom. The topological polar surface area (TPSA) is 43.9 Å². The van der Waals surface area contributed by atoms with Crippen LogP contribution in [0, 0.1) is 13.8 Å². The zero-order chi connectivity index (χ0) is 25.4. The number of carbonyl (C=O) groups is 2. The molecule has 1 saturated heterocycles. The number of halogens is 1. The van der Waals surface area contributed by atoms with Gasteiger partial charge in [0.2, 0.25) is 0 Å². The number of piperazine rings is 1. The predicted molar refractivity (Wildman–Crippen MR) is 149 cm³/mol. The summed E-state index contributed by atoms with van der Waals surface area (Å²) in [7, 11) is 1.77. The van der Waals surface area contributed by atoms with Crippen molar-refractivity contribution in [1.29, 1.82) is 0 Å². The van der Waals surface area contributed by atoms with Crippen LogP contribution >= 0.6 is 23.4 Å². The molecule has 0 aliphatic carbocycles. The van der Waals surface area contributed by atoms with Crippen molar-refractivity contribution in [1.82, 2.24) is 4.90 Å². The summed E-state index contributed by atoms with van der Waals surface area (Å²) >= 11 is 7.66. The van der Waals surface area contributed by atoms with Gasteiger partial charge in [0.1, 0.15) is 0 Å². The first kappa shape index (κ1) is 24.5. The second kappa shape index (κ2) is 10.0. The van der Waals surface area contributed by atoms with Crippen molar-refractivity contribution in [3.05, 3.63) is 92.8 Å². The minimum Gasteiger partial charge on any atom is -0.368 e. The fourth-order valence-electron chi connectivity index (χ4n) is 4.67. The van der Waals surface area contributed by atoms with Crippen molar-refractivity contribution in [2.75, 3.05) is 43.0 Å². The van der Waals surface area contributed by atoms with Gasteiger partial charge in [0, 0.05) is 54.4 Å². The van der Waals surface area contributed by atoms with Crippen LogP contribution in [0.2, 0.25) is 5.02 Å². The molecule has 3 aromatic carbocycles. The first-order valence-corrected chi connectivity index (χ1v) is 13.2. The van der Waals surface area contributed by atoms with Gasteiger partial charge in [-0.3, -0.25) is 9.59 Å². The average molecular weight is 518 g/mol. The number of anilines is 2. The smallest absolute Gasteiger partial charge is 0.264 e. The molecule has 5 nitrogen and oxygen atoms in total. The number of aryl methyl sites for hydroxylation is 2. The Morgan fingerprint density at radius 1 is 0.917 bits per heavy atom. The number of hydrogen-bond acceptors (Lipinski definition) is 4. The molecule has 2 aliphatic heterocycles. The third kappa shape index (κ3) is 4.75. The standard InChI is InChI=1S/C29H28ClN3O2S/c1-19-6-4-5-7-21(19)17-27-29(35)31(3)25-16-22(9-11-26(25)36-27)28(34)33-14-12-32(13-15-33)24-18-23(30)10-8-20(24)2/h4-11,16-18H,12-15H2,1-3H3/b27-17-. The fraction of sp³-hybridized carbons (Fsp3) is 0.241. The molecule has 0 bridgehead atoms. The van der Waals surface area contributed by atoms with Crippen molar-refractivity contribution < 1.29 is 9.59 Å². The SMILES string of the molecule is Cc1ccccc1/C=C1\Sc2ccc(C(=O)N3CCN(c4cc(Cl)ccc4C)CC3)cc2N(C)C1=O. The molecule has 2 aliphatic rings. The summed E-state index contributed by atoms with van der Waals surface area (Å²) in [5, 5.41) is 0.719. The van der Waals surface area contributed by atoms with Crippen molar-refractivity contribution in [3.63, 3.8) is 0 Å². The van der Waals surface area contributed by atoms with Gasteiger partial charge in [0.15, 0.2) is 0 Å². The maximum atomic E-state index is 13.3. The van der Waals surface area contributed by atoms with Crippen LogP contribution in [0.5, 0.6) is 0 Å². The van der Waals surface area contributed by atoms with Crippen LogP contribution in [0.15, 0.2) is 70.5 Å². The third-order valence-corrected chi connectivity index (χ3v) is 8.17. The number of rotatable bonds is 3. The maximum absolute atomic E-state index is 13.3. The van der Waals surface area contributed by atoms with Gasteiger partial charge in [-0.2, -0.15) is 0 Å². The summed E-state index contributed by atoms with van der Waals surface area (Å²) in [6.07, 6.45) is 1.95. The molecule has 1 fully saturated rings. The first-order valence-electron chi connectivity index (χ1n) is 12.0. The number of fused-ring (bicyclic) bond motifs is 1. The highest BCUT2D eigenvalue weighted by molar-refractivity contribution is 8.04. The molecule has 0 saturated carbocycles. The summed E-state index contributed by atoms with van der Waals surface area (Å²) in [5.41, 5.74) is 5.83. The average Bonchev–Trinajstić information content (AvgIpc) is 2.89. The Kier molecular flexibility index (Phi) is 6.82. The number of carbonyl (C=O) groups excluding carboxylic acids is 2. The third-order valence-electron chi connectivity index (χ3n) is 6.86. The molecule has 0 unspecified atom stereocenters. The van der Waals surface area contributed by atoms with Crippen molar-refractivity contribution in [2.45, 2.75) is 18.7 Å². The molecule has 0 aromatic heterocycles. The van der Waals surface area contributed by atoms with Gasteiger partial charge in [0.05, 0.1) is 10.6 Å². The van der Waals surface area contributed by atoms with E-state index in [0.29, 0.717) is 23.6 Å².